The monoisotopic (exact) mass is 446 g/mol. The predicted octanol–water partition coefficient (Wildman–Crippen LogP) is 8.26. The molecule has 0 aromatic rings. The number of unbranched alkanes of at least 4 members (excludes halogenated alkanes) is 4. The van der Waals surface area contributed by atoms with Crippen LogP contribution in [0.2, 0.25) is 0 Å². The summed E-state index contributed by atoms with van der Waals surface area (Å²) < 4.78 is 0. The van der Waals surface area contributed by atoms with Gasteiger partial charge in [-0.25, -0.2) is 0 Å². The summed E-state index contributed by atoms with van der Waals surface area (Å²) in [4.78, 5) is 10.7. The molecule has 0 spiro atoms. The van der Waals surface area contributed by atoms with Crippen LogP contribution in [0.3, 0.4) is 0 Å². The first-order valence-electron chi connectivity index (χ1n) is 14.0. The summed E-state index contributed by atoms with van der Waals surface area (Å²) in [5.41, 5.74) is 2.96. The number of rotatable bonds is 9. The van der Waals surface area contributed by atoms with Crippen LogP contribution in [0.15, 0.2) is 16.8 Å². The van der Waals surface area contributed by atoms with Crippen LogP contribution in [-0.2, 0) is 4.79 Å². The van der Waals surface area contributed by atoms with E-state index in [0.29, 0.717) is 6.42 Å². The third-order valence-corrected chi connectivity index (χ3v) is 7.06. The van der Waals surface area contributed by atoms with Crippen LogP contribution in [0.5, 0.6) is 0 Å². The third kappa shape index (κ3) is 13.3. The molecular weight excluding hydrogens is 396 g/mol. The van der Waals surface area contributed by atoms with Gasteiger partial charge >= 0.3 is 5.97 Å². The standard InChI is InChI=1S/C28H50N2O2/c31-28(32)23-17-11-7-13-19-25-30-24-18-12-6-5-10-16-22-27(29-30)26-20-14-8-3-1-2-4-9-15-21-26/h20H,1-19,21-25H2,(H,31,32)/b26-20+,29-27-. The molecule has 1 aliphatic carbocycles. The number of hydrogen-bond donors (Lipinski definition) is 1. The quantitative estimate of drug-likeness (QED) is 0.363. The summed E-state index contributed by atoms with van der Waals surface area (Å²) in [6, 6.07) is 0. The smallest absolute Gasteiger partial charge is 0.303 e. The molecule has 0 bridgehead atoms. The maximum atomic E-state index is 10.7. The van der Waals surface area contributed by atoms with Crippen molar-refractivity contribution < 1.29 is 9.90 Å². The molecule has 4 nitrogen and oxygen atoms in total. The number of carboxylic acids is 1. The molecule has 2 aliphatic rings. The fourth-order valence-corrected chi connectivity index (χ4v) is 5.04. The van der Waals surface area contributed by atoms with Gasteiger partial charge in [-0.05, 0) is 63.4 Å². The zero-order chi connectivity index (χ0) is 22.7. The van der Waals surface area contributed by atoms with Crippen molar-refractivity contribution in [1.82, 2.24) is 5.01 Å². The Morgan fingerprint density at radius 2 is 1.34 bits per heavy atom. The molecule has 1 N–H and O–H groups in total. The molecule has 0 fully saturated rings. The molecule has 4 heteroatoms. The highest BCUT2D eigenvalue weighted by atomic mass is 16.4. The van der Waals surface area contributed by atoms with Crippen molar-refractivity contribution >= 4 is 11.7 Å². The Hall–Kier alpha value is -1.32. The van der Waals surface area contributed by atoms with Crippen LogP contribution < -0.4 is 0 Å². The minimum absolute atomic E-state index is 0.314. The van der Waals surface area contributed by atoms with Crippen LogP contribution in [0, 0.1) is 0 Å². The minimum atomic E-state index is -0.666. The number of carbonyl (C=O) groups is 1. The zero-order valence-electron chi connectivity index (χ0n) is 20.8. The van der Waals surface area contributed by atoms with Crippen molar-refractivity contribution in [2.45, 2.75) is 141 Å². The van der Waals surface area contributed by atoms with Crippen LogP contribution in [0.1, 0.15) is 141 Å². The summed E-state index contributed by atoms with van der Waals surface area (Å²) in [7, 11) is 0. The van der Waals surface area contributed by atoms with Gasteiger partial charge in [-0.1, -0.05) is 83.1 Å². The minimum Gasteiger partial charge on any atom is -0.481 e. The molecule has 184 valence electrons. The molecule has 0 aromatic heterocycles. The predicted molar refractivity (Wildman–Crippen MR) is 136 cm³/mol. The molecule has 0 unspecified atom stereocenters. The lowest BCUT2D eigenvalue weighted by Crippen LogP contribution is -2.23. The van der Waals surface area contributed by atoms with E-state index in [0.717, 1.165) is 38.8 Å². The number of allylic oxidation sites excluding steroid dienone is 2. The maximum absolute atomic E-state index is 10.7. The molecule has 0 radical (unpaired) electrons. The molecule has 0 saturated carbocycles. The van der Waals surface area contributed by atoms with Gasteiger partial charge in [0, 0.05) is 19.5 Å². The Bertz CT molecular complexity index is 556. The number of hydrogen-bond acceptors (Lipinski definition) is 3. The molecule has 1 aliphatic heterocycles. The molecule has 0 atom stereocenters. The highest BCUT2D eigenvalue weighted by Gasteiger charge is 2.12. The Labute approximate surface area is 197 Å². The molecule has 0 saturated heterocycles. The van der Waals surface area contributed by atoms with Crippen LogP contribution >= 0.6 is 0 Å². The topological polar surface area (TPSA) is 52.9 Å². The molecule has 1 heterocycles. The summed E-state index contributed by atoms with van der Waals surface area (Å²) in [6.45, 7) is 2.14. The number of aliphatic carboxylic acids is 1. The van der Waals surface area contributed by atoms with E-state index in [4.69, 9.17) is 10.2 Å². The Morgan fingerprint density at radius 3 is 2.09 bits per heavy atom. The van der Waals surface area contributed by atoms with E-state index < -0.39 is 5.97 Å². The Morgan fingerprint density at radius 1 is 0.750 bits per heavy atom. The van der Waals surface area contributed by atoms with Gasteiger partial charge in [-0.15, -0.1) is 0 Å². The average Bonchev–Trinajstić information content (AvgIpc) is 2.87. The van der Waals surface area contributed by atoms with Crippen molar-refractivity contribution in [3.63, 3.8) is 0 Å². The van der Waals surface area contributed by atoms with Crippen molar-refractivity contribution in [1.29, 1.82) is 0 Å². The van der Waals surface area contributed by atoms with Crippen molar-refractivity contribution in [2.75, 3.05) is 13.1 Å². The largest absolute Gasteiger partial charge is 0.481 e. The lowest BCUT2D eigenvalue weighted by molar-refractivity contribution is -0.137. The summed E-state index contributed by atoms with van der Waals surface area (Å²) in [5, 5.41) is 16.5. The fraction of sp³-hybridized carbons (Fsp3) is 0.857. The van der Waals surface area contributed by atoms with Gasteiger partial charge in [0.15, 0.2) is 0 Å². The van der Waals surface area contributed by atoms with Crippen LogP contribution in [0.4, 0.5) is 0 Å². The first kappa shape index (κ1) is 26.9. The lowest BCUT2D eigenvalue weighted by Gasteiger charge is -2.22. The van der Waals surface area contributed by atoms with E-state index in [1.807, 2.05) is 0 Å². The Kier molecular flexibility index (Phi) is 15.3. The molecule has 0 amide bonds. The lowest BCUT2D eigenvalue weighted by atomic mass is 9.97. The number of hydrazone groups is 1. The van der Waals surface area contributed by atoms with E-state index in [1.54, 1.807) is 5.57 Å². The van der Waals surface area contributed by atoms with Gasteiger partial charge in [0.25, 0.3) is 0 Å². The van der Waals surface area contributed by atoms with E-state index >= 15 is 0 Å². The first-order valence-corrected chi connectivity index (χ1v) is 14.0. The summed E-state index contributed by atoms with van der Waals surface area (Å²) in [6.07, 6.45) is 29.4. The molecule has 0 aromatic carbocycles. The summed E-state index contributed by atoms with van der Waals surface area (Å²) in [5.74, 6) is -0.666. The second-order valence-corrected chi connectivity index (χ2v) is 10.0. The molecule has 2 rings (SSSR count). The van der Waals surface area contributed by atoms with Crippen LogP contribution in [-0.4, -0.2) is 34.9 Å². The zero-order valence-corrected chi connectivity index (χ0v) is 20.8. The van der Waals surface area contributed by atoms with Crippen LogP contribution in [0.25, 0.3) is 0 Å². The average molecular weight is 447 g/mol. The number of nitrogens with zero attached hydrogens (tertiary/aromatic N) is 2. The highest BCUT2D eigenvalue weighted by molar-refractivity contribution is 5.99. The van der Waals surface area contributed by atoms with Gasteiger partial charge in [-0.3, -0.25) is 9.80 Å². The third-order valence-electron chi connectivity index (χ3n) is 7.06. The van der Waals surface area contributed by atoms with E-state index in [-0.39, 0.29) is 0 Å². The second kappa shape index (κ2) is 18.1. The highest BCUT2D eigenvalue weighted by Crippen LogP contribution is 2.22. The molecular formula is C28H50N2O2. The van der Waals surface area contributed by atoms with Gasteiger partial charge < -0.3 is 5.11 Å². The van der Waals surface area contributed by atoms with E-state index in [9.17, 15) is 4.79 Å². The van der Waals surface area contributed by atoms with E-state index in [1.165, 1.54) is 115 Å². The van der Waals surface area contributed by atoms with Crippen molar-refractivity contribution in [3.05, 3.63) is 11.6 Å². The normalized spacial score (nSPS) is 23.7. The number of carboxylic acid groups (broad SMARTS) is 1. The SMILES string of the molecule is O=C(O)CCCCCCCN1CCCCCCCCC(/C2=C/CCCCCCCCC2)=N/1. The van der Waals surface area contributed by atoms with Crippen molar-refractivity contribution in [2.24, 2.45) is 5.10 Å². The molecule has 32 heavy (non-hydrogen) atoms. The van der Waals surface area contributed by atoms with Gasteiger partial charge in [-0.2, -0.15) is 5.10 Å². The Balaban J connectivity index is 1.96. The second-order valence-electron chi connectivity index (χ2n) is 10.0. The van der Waals surface area contributed by atoms with Crippen molar-refractivity contribution in [3.8, 4) is 0 Å². The first-order chi connectivity index (χ1) is 15.8. The maximum Gasteiger partial charge on any atom is 0.303 e. The fourth-order valence-electron chi connectivity index (χ4n) is 5.04. The van der Waals surface area contributed by atoms with Gasteiger partial charge in [0.1, 0.15) is 0 Å². The van der Waals surface area contributed by atoms with Gasteiger partial charge in [0.05, 0.1) is 5.71 Å². The summed E-state index contributed by atoms with van der Waals surface area (Å²) >= 11 is 0. The van der Waals surface area contributed by atoms with E-state index in [2.05, 4.69) is 11.1 Å². The van der Waals surface area contributed by atoms with Gasteiger partial charge in [0.2, 0.25) is 0 Å².